The largest absolute Gasteiger partial charge is 0.306 e. The third-order valence-electron chi connectivity index (χ3n) is 2.34. The van der Waals surface area contributed by atoms with Gasteiger partial charge < -0.3 is 4.98 Å². The summed E-state index contributed by atoms with van der Waals surface area (Å²) in [5, 5.41) is 0.224. The number of hydrogen-bond acceptors (Lipinski definition) is 2. The molecule has 0 spiro atoms. The Kier molecular flexibility index (Phi) is 3.24. The van der Waals surface area contributed by atoms with Gasteiger partial charge in [-0.25, -0.2) is 9.37 Å². The van der Waals surface area contributed by atoms with Crippen LogP contribution in [-0.4, -0.2) is 9.97 Å². The number of nitrogens with zero attached hydrogens (tertiary/aromatic N) is 1. The van der Waals surface area contributed by atoms with Crippen molar-refractivity contribution < 1.29 is 4.39 Å². The van der Waals surface area contributed by atoms with Gasteiger partial charge in [0, 0.05) is 17.3 Å². The first-order chi connectivity index (χ1) is 8.10. The van der Waals surface area contributed by atoms with Gasteiger partial charge in [0.1, 0.15) is 11.6 Å². The van der Waals surface area contributed by atoms with Gasteiger partial charge in [0.05, 0.1) is 5.02 Å². The number of hydrogen-bond donors (Lipinski definition) is 1. The zero-order valence-corrected chi connectivity index (χ0v) is 9.88. The van der Waals surface area contributed by atoms with Crippen LogP contribution in [0.15, 0.2) is 29.1 Å². The first-order valence-electron chi connectivity index (χ1n) is 5.16. The van der Waals surface area contributed by atoms with Crippen LogP contribution in [0.5, 0.6) is 0 Å². The minimum absolute atomic E-state index is 0.224. The van der Waals surface area contributed by atoms with Gasteiger partial charge in [-0.2, -0.15) is 0 Å². The highest BCUT2D eigenvalue weighted by molar-refractivity contribution is 6.33. The summed E-state index contributed by atoms with van der Waals surface area (Å²) in [5.41, 5.74) is 0.942. The molecule has 88 valence electrons. The summed E-state index contributed by atoms with van der Waals surface area (Å²) in [6.07, 6.45) is 0.649. The molecule has 0 radical (unpaired) electrons. The van der Waals surface area contributed by atoms with Gasteiger partial charge in [0.25, 0.3) is 5.56 Å². The zero-order chi connectivity index (χ0) is 12.4. The third-order valence-corrected chi connectivity index (χ3v) is 2.66. The van der Waals surface area contributed by atoms with Crippen LogP contribution in [0.1, 0.15) is 12.6 Å². The minimum Gasteiger partial charge on any atom is -0.306 e. The Bertz CT molecular complexity index is 610. The lowest BCUT2D eigenvalue weighted by atomic mass is 10.2. The summed E-state index contributed by atoms with van der Waals surface area (Å²) in [5.74, 6) is -0.0629. The Labute approximate surface area is 102 Å². The predicted molar refractivity (Wildman–Crippen MR) is 64.6 cm³/mol. The number of benzene rings is 1. The molecule has 1 heterocycles. The molecule has 0 atom stereocenters. The standard InChI is InChI=1S/C12H10ClFN2O/c1-2-8-6-11(17)16-12(15-8)9-4-3-7(14)5-10(9)13/h3-6H,2H2,1H3,(H,15,16,17). The fourth-order valence-corrected chi connectivity index (χ4v) is 1.75. The summed E-state index contributed by atoms with van der Waals surface area (Å²) in [6.45, 7) is 1.90. The van der Waals surface area contributed by atoms with E-state index in [0.717, 1.165) is 0 Å². The molecule has 0 bridgehead atoms. The van der Waals surface area contributed by atoms with Crippen molar-refractivity contribution in [2.45, 2.75) is 13.3 Å². The third kappa shape index (κ3) is 2.53. The van der Waals surface area contributed by atoms with Crippen molar-refractivity contribution in [2.24, 2.45) is 0 Å². The van der Waals surface area contributed by atoms with Crippen molar-refractivity contribution in [3.63, 3.8) is 0 Å². The van der Waals surface area contributed by atoms with Crippen LogP contribution in [0.25, 0.3) is 11.4 Å². The Morgan fingerprint density at radius 2 is 2.18 bits per heavy atom. The van der Waals surface area contributed by atoms with Crippen LogP contribution >= 0.6 is 11.6 Å². The van der Waals surface area contributed by atoms with Crippen LogP contribution in [0.2, 0.25) is 5.02 Å². The molecule has 0 saturated carbocycles. The van der Waals surface area contributed by atoms with Gasteiger partial charge in [0.2, 0.25) is 0 Å². The Morgan fingerprint density at radius 3 is 2.82 bits per heavy atom. The molecule has 1 aromatic carbocycles. The fraction of sp³-hybridized carbons (Fsp3) is 0.167. The number of H-pyrrole nitrogens is 1. The van der Waals surface area contributed by atoms with Crippen molar-refractivity contribution in [1.29, 1.82) is 0 Å². The van der Waals surface area contributed by atoms with Crippen LogP contribution in [-0.2, 0) is 6.42 Å². The Balaban J connectivity index is 2.60. The quantitative estimate of drug-likeness (QED) is 0.893. The van der Waals surface area contributed by atoms with Gasteiger partial charge in [-0.05, 0) is 24.6 Å². The van der Waals surface area contributed by atoms with E-state index in [1.807, 2.05) is 6.92 Å². The zero-order valence-electron chi connectivity index (χ0n) is 9.13. The lowest BCUT2D eigenvalue weighted by Gasteiger charge is -2.05. The maximum atomic E-state index is 12.9. The molecule has 1 N–H and O–H groups in total. The van der Waals surface area contributed by atoms with E-state index >= 15 is 0 Å². The highest BCUT2D eigenvalue weighted by Gasteiger charge is 2.08. The van der Waals surface area contributed by atoms with Gasteiger partial charge >= 0.3 is 0 Å². The topological polar surface area (TPSA) is 45.8 Å². The van der Waals surface area contributed by atoms with Crippen molar-refractivity contribution in [1.82, 2.24) is 9.97 Å². The molecule has 0 saturated heterocycles. The molecule has 0 aliphatic rings. The molecular formula is C12H10ClFN2O. The number of aryl methyl sites for hydroxylation is 1. The average Bonchev–Trinajstić information content (AvgIpc) is 2.28. The molecular weight excluding hydrogens is 243 g/mol. The van der Waals surface area contributed by atoms with Gasteiger partial charge in [0.15, 0.2) is 0 Å². The minimum atomic E-state index is -0.423. The van der Waals surface area contributed by atoms with Crippen molar-refractivity contribution in [3.8, 4) is 11.4 Å². The summed E-state index contributed by atoms with van der Waals surface area (Å²) < 4.78 is 12.9. The Morgan fingerprint density at radius 1 is 1.41 bits per heavy atom. The van der Waals surface area contributed by atoms with E-state index < -0.39 is 5.82 Å². The average molecular weight is 253 g/mol. The van der Waals surface area contributed by atoms with E-state index in [1.165, 1.54) is 24.3 Å². The molecule has 0 aliphatic carbocycles. The predicted octanol–water partition coefficient (Wildman–Crippen LogP) is 2.79. The molecule has 2 rings (SSSR count). The van der Waals surface area contributed by atoms with E-state index in [2.05, 4.69) is 9.97 Å². The number of aromatic amines is 1. The molecule has 0 fully saturated rings. The van der Waals surface area contributed by atoms with Crippen molar-refractivity contribution >= 4 is 11.6 Å². The van der Waals surface area contributed by atoms with E-state index in [1.54, 1.807) is 0 Å². The van der Waals surface area contributed by atoms with Crippen LogP contribution in [0, 0.1) is 5.82 Å². The normalized spacial score (nSPS) is 10.5. The second kappa shape index (κ2) is 4.67. The van der Waals surface area contributed by atoms with E-state index in [-0.39, 0.29) is 10.6 Å². The molecule has 3 nitrogen and oxygen atoms in total. The van der Waals surface area contributed by atoms with Crippen molar-refractivity contribution in [3.05, 3.63) is 51.2 Å². The molecule has 0 amide bonds. The van der Waals surface area contributed by atoms with Crippen LogP contribution in [0.3, 0.4) is 0 Å². The number of rotatable bonds is 2. The number of halogens is 2. The molecule has 2 aromatic rings. The first kappa shape index (κ1) is 11.8. The lowest BCUT2D eigenvalue weighted by molar-refractivity contribution is 0.628. The van der Waals surface area contributed by atoms with Gasteiger partial charge in [-0.3, -0.25) is 4.79 Å². The maximum Gasteiger partial charge on any atom is 0.251 e. The SMILES string of the molecule is CCc1cc(=O)[nH]c(-c2ccc(F)cc2Cl)n1. The summed E-state index contributed by atoms with van der Waals surface area (Å²) in [4.78, 5) is 18.2. The Hall–Kier alpha value is -1.68. The maximum absolute atomic E-state index is 12.9. The van der Waals surface area contributed by atoms with Gasteiger partial charge in [-0.15, -0.1) is 0 Å². The smallest absolute Gasteiger partial charge is 0.251 e. The monoisotopic (exact) mass is 252 g/mol. The summed E-state index contributed by atoms with van der Waals surface area (Å²) in [7, 11) is 0. The van der Waals surface area contributed by atoms with E-state index in [0.29, 0.717) is 23.5 Å². The van der Waals surface area contributed by atoms with Gasteiger partial charge in [-0.1, -0.05) is 18.5 Å². The lowest BCUT2D eigenvalue weighted by Crippen LogP contribution is -2.10. The van der Waals surface area contributed by atoms with E-state index in [9.17, 15) is 9.18 Å². The highest BCUT2D eigenvalue weighted by atomic mass is 35.5. The van der Waals surface area contributed by atoms with Crippen molar-refractivity contribution in [2.75, 3.05) is 0 Å². The second-order valence-electron chi connectivity index (χ2n) is 3.56. The second-order valence-corrected chi connectivity index (χ2v) is 3.97. The van der Waals surface area contributed by atoms with Crippen LogP contribution < -0.4 is 5.56 Å². The fourth-order valence-electron chi connectivity index (χ4n) is 1.50. The van der Waals surface area contributed by atoms with E-state index in [4.69, 9.17) is 11.6 Å². The van der Waals surface area contributed by atoms with Crippen LogP contribution in [0.4, 0.5) is 4.39 Å². The summed E-state index contributed by atoms with van der Waals surface area (Å²) in [6, 6.07) is 5.39. The number of nitrogens with one attached hydrogen (secondary N) is 1. The first-order valence-corrected chi connectivity index (χ1v) is 5.53. The highest BCUT2D eigenvalue weighted by Crippen LogP contribution is 2.25. The number of aromatic nitrogens is 2. The molecule has 0 unspecified atom stereocenters. The molecule has 5 heteroatoms. The summed E-state index contributed by atoms with van der Waals surface area (Å²) >= 11 is 5.91. The molecule has 0 aliphatic heterocycles. The molecule has 1 aromatic heterocycles. The molecule has 17 heavy (non-hydrogen) atoms.